The zero-order valence-electron chi connectivity index (χ0n) is 27.5. The molecule has 0 N–H and O–H groups in total. The Morgan fingerprint density at radius 1 is 0.796 bits per heavy atom. The van der Waals surface area contributed by atoms with Gasteiger partial charge in [-0.3, -0.25) is 4.99 Å². The van der Waals surface area contributed by atoms with Crippen LogP contribution in [0.4, 0.5) is 0 Å². The Hall–Kier alpha value is -5.73. The lowest BCUT2D eigenvalue weighted by atomic mass is 9.79. The molecule has 236 valence electrons. The summed E-state index contributed by atoms with van der Waals surface area (Å²) < 4.78 is 0. The molecule has 3 unspecified atom stereocenters. The molecule has 0 fully saturated rings. The second-order valence-electron chi connectivity index (χ2n) is 13.4. The van der Waals surface area contributed by atoms with Gasteiger partial charge in [0.25, 0.3) is 0 Å². The molecule has 0 spiro atoms. The van der Waals surface area contributed by atoms with Gasteiger partial charge in [0.2, 0.25) is 0 Å². The molecule has 0 radical (unpaired) electrons. The molecule has 4 aliphatic rings. The molecule has 5 aromatic carbocycles. The SMILES string of the molecule is C=C/C(=C\C=C\c1cc2ccccc2c2ccccc12)N(C1=CC(c2ccc3c4c2C=CCC4c2ccccc2-3)CC=C1)C1C=CC=NC1. The number of hydrogen-bond donors (Lipinski definition) is 0. The fraction of sp³-hybridized carbons (Fsp3) is 0.128. The van der Waals surface area contributed by atoms with Crippen LogP contribution in [0.2, 0.25) is 0 Å². The van der Waals surface area contributed by atoms with Crippen molar-refractivity contribution < 1.29 is 0 Å². The van der Waals surface area contributed by atoms with Crippen LogP contribution in [0, 0.1) is 0 Å². The predicted octanol–water partition coefficient (Wildman–Crippen LogP) is 11.5. The van der Waals surface area contributed by atoms with Gasteiger partial charge in [-0.25, -0.2) is 0 Å². The molecule has 0 bridgehead atoms. The van der Waals surface area contributed by atoms with Gasteiger partial charge in [0.1, 0.15) is 0 Å². The lowest BCUT2D eigenvalue weighted by Crippen LogP contribution is -2.35. The lowest BCUT2D eigenvalue weighted by molar-refractivity contribution is 0.383. The summed E-state index contributed by atoms with van der Waals surface area (Å²) in [5, 5.41) is 5.07. The first kappa shape index (κ1) is 29.4. The van der Waals surface area contributed by atoms with Crippen molar-refractivity contribution in [2.45, 2.75) is 30.7 Å². The average molecular weight is 631 g/mol. The normalized spacial score (nSPS) is 20.5. The molecule has 1 heterocycles. The standard InChI is InChI=1S/C47H38N2/c1-2-35(16-9-14-33-29-32-13-3-4-19-38(32)41-21-6-5-20-39(33)41)49(37-18-12-28-48-31-37)36-17-10-15-34(30-36)40-26-27-46-43-23-8-7-22-42(43)45-25-11-24-44(40)47(45)46/h2-14,16-24,26-30,34,37,45H,1,15,25,31H2/b14-9+,35-16+. The Bertz CT molecular complexity index is 2360. The zero-order valence-corrected chi connectivity index (χ0v) is 27.5. The zero-order chi connectivity index (χ0) is 32.7. The van der Waals surface area contributed by atoms with Gasteiger partial charge in [0, 0.05) is 29.4 Å². The molecule has 2 heteroatoms. The quantitative estimate of drug-likeness (QED) is 0.129. The van der Waals surface area contributed by atoms with Crippen LogP contribution in [0.3, 0.4) is 0 Å². The lowest BCUT2D eigenvalue weighted by Gasteiger charge is -2.36. The van der Waals surface area contributed by atoms with E-state index in [1.807, 2.05) is 12.3 Å². The van der Waals surface area contributed by atoms with E-state index in [1.54, 1.807) is 0 Å². The van der Waals surface area contributed by atoms with E-state index in [4.69, 9.17) is 0 Å². The number of dihydropyridines is 1. The van der Waals surface area contributed by atoms with Crippen LogP contribution < -0.4 is 0 Å². The van der Waals surface area contributed by atoms with Crippen LogP contribution in [0.1, 0.15) is 52.5 Å². The highest BCUT2D eigenvalue weighted by molar-refractivity contribution is 6.10. The molecule has 0 amide bonds. The van der Waals surface area contributed by atoms with Crippen molar-refractivity contribution in [2.24, 2.45) is 4.99 Å². The van der Waals surface area contributed by atoms with Gasteiger partial charge in [0.05, 0.1) is 12.6 Å². The summed E-state index contributed by atoms with van der Waals surface area (Å²) in [7, 11) is 0. The molecule has 3 atom stereocenters. The number of nitrogens with zero attached hydrogens (tertiary/aromatic N) is 2. The summed E-state index contributed by atoms with van der Waals surface area (Å²) >= 11 is 0. The third-order valence-corrected chi connectivity index (χ3v) is 10.7. The van der Waals surface area contributed by atoms with Crippen LogP contribution in [0.25, 0.3) is 44.8 Å². The van der Waals surface area contributed by atoms with Crippen molar-refractivity contribution in [1.82, 2.24) is 4.90 Å². The Morgan fingerprint density at radius 2 is 1.61 bits per heavy atom. The second kappa shape index (κ2) is 12.4. The van der Waals surface area contributed by atoms with Crippen molar-refractivity contribution in [3.05, 3.63) is 191 Å². The number of hydrogen-bond acceptors (Lipinski definition) is 2. The molecule has 0 saturated heterocycles. The maximum atomic E-state index is 4.67. The summed E-state index contributed by atoms with van der Waals surface area (Å²) in [5.41, 5.74) is 12.1. The van der Waals surface area contributed by atoms with Crippen molar-refractivity contribution in [2.75, 3.05) is 6.54 Å². The third kappa shape index (κ3) is 5.07. The van der Waals surface area contributed by atoms with Crippen molar-refractivity contribution >= 4 is 39.9 Å². The van der Waals surface area contributed by atoms with Gasteiger partial charge in [-0.1, -0.05) is 134 Å². The maximum absolute atomic E-state index is 4.67. The average Bonchev–Trinajstić information content (AvgIpc) is 3.50. The molecule has 5 aromatic rings. The van der Waals surface area contributed by atoms with Crippen LogP contribution in [-0.4, -0.2) is 23.7 Å². The highest BCUT2D eigenvalue weighted by atomic mass is 15.2. The van der Waals surface area contributed by atoms with Crippen molar-refractivity contribution in [3.63, 3.8) is 0 Å². The Balaban J connectivity index is 1.09. The highest BCUT2D eigenvalue weighted by Gasteiger charge is 2.33. The minimum Gasteiger partial charge on any atom is -0.333 e. The number of allylic oxidation sites excluding steroid dienone is 8. The minimum absolute atomic E-state index is 0.0935. The predicted molar refractivity (Wildman–Crippen MR) is 209 cm³/mol. The van der Waals surface area contributed by atoms with Gasteiger partial charge in [-0.15, -0.1) is 0 Å². The van der Waals surface area contributed by atoms with E-state index in [1.165, 1.54) is 66.2 Å². The van der Waals surface area contributed by atoms with E-state index in [-0.39, 0.29) is 12.0 Å². The second-order valence-corrected chi connectivity index (χ2v) is 13.4. The van der Waals surface area contributed by atoms with Gasteiger partial charge >= 0.3 is 0 Å². The molecule has 3 aliphatic carbocycles. The largest absolute Gasteiger partial charge is 0.333 e. The summed E-state index contributed by atoms with van der Waals surface area (Å²) in [6.45, 7) is 5.00. The number of aliphatic imine (C=N–C) groups is 1. The molecule has 2 nitrogen and oxygen atoms in total. The molecule has 9 rings (SSSR count). The Kier molecular flexibility index (Phi) is 7.43. The van der Waals surface area contributed by atoms with E-state index in [9.17, 15) is 0 Å². The molecular formula is C47H38N2. The summed E-state index contributed by atoms with van der Waals surface area (Å²) in [5.74, 6) is 0.730. The van der Waals surface area contributed by atoms with Crippen LogP contribution >= 0.6 is 0 Å². The third-order valence-electron chi connectivity index (χ3n) is 10.7. The van der Waals surface area contributed by atoms with E-state index in [0.29, 0.717) is 12.5 Å². The first-order valence-electron chi connectivity index (χ1n) is 17.5. The van der Waals surface area contributed by atoms with Crippen LogP contribution in [-0.2, 0) is 0 Å². The topological polar surface area (TPSA) is 15.6 Å². The van der Waals surface area contributed by atoms with E-state index >= 15 is 0 Å². The van der Waals surface area contributed by atoms with Crippen LogP contribution in [0.5, 0.6) is 0 Å². The van der Waals surface area contributed by atoms with E-state index in [2.05, 4.69) is 168 Å². The van der Waals surface area contributed by atoms with Gasteiger partial charge in [-0.05, 0) is 104 Å². The molecule has 0 aromatic heterocycles. The number of benzene rings is 5. The van der Waals surface area contributed by atoms with Gasteiger partial charge in [-0.2, -0.15) is 0 Å². The fourth-order valence-corrected chi connectivity index (χ4v) is 8.47. The summed E-state index contributed by atoms with van der Waals surface area (Å²) in [6, 6.07) is 33.5. The van der Waals surface area contributed by atoms with E-state index in [0.717, 1.165) is 18.5 Å². The van der Waals surface area contributed by atoms with Gasteiger partial charge in [0.15, 0.2) is 0 Å². The van der Waals surface area contributed by atoms with Crippen molar-refractivity contribution in [1.29, 1.82) is 0 Å². The monoisotopic (exact) mass is 630 g/mol. The summed E-state index contributed by atoms with van der Waals surface area (Å²) in [4.78, 5) is 7.08. The molecular weight excluding hydrogens is 593 g/mol. The summed E-state index contributed by atoms with van der Waals surface area (Å²) in [6.07, 6.45) is 28.7. The first-order chi connectivity index (χ1) is 24.3. The Morgan fingerprint density at radius 3 is 2.49 bits per heavy atom. The fourth-order valence-electron chi connectivity index (χ4n) is 8.47. The van der Waals surface area contributed by atoms with Crippen LogP contribution in [0.15, 0.2) is 169 Å². The minimum atomic E-state index is 0.0935. The highest BCUT2D eigenvalue weighted by Crippen LogP contribution is 2.52. The van der Waals surface area contributed by atoms with Crippen molar-refractivity contribution in [3.8, 4) is 11.1 Å². The smallest absolute Gasteiger partial charge is 0.0721 e. The first-order valence-corrected chi connectivity index (χ1v) is 17.5. The molecule has 49 heavy (non-hydrogen) atoms. The maximum Gasteiger partial charge on any atom is 0.0721 e. The number of rotatable bonds is 7. The van der Waals surface area contributed by atoms with E-state index < -0.39 is 0 Å². The Labute approximate surface area is 288 Å². The molecule has 0 saturated carbocycles. The molecule has 1 aliphatic heterocycles. The number of fused-ring (bicyclic) bond motifs is 6. The van der Waals surface area contributed by atoms with Gasteiger partial charge < -0.3 is 4.90 Å².